The van der Waals surface area contributed by atoms with Gasteiger partial charge in [0.2, 0.25) is 0 Å². The van der Waals surface area contributed by atoms with E-state index in [2.05, 4.69) is 34.3 Å². The van der Waals surface area contributed by atoms with Gasteiger partial charge in [0.1, 0.15) is 0 Å². The number of hydrogen-bond donors (Lipinski definition) is 1. The van der Waals surface area contributed by atoms with Crippen LogP contribution in [0, 0.1) is 11.3 Å². The molecule has 1 fully saturated rings. The molecule has 2 heterocycles. The molecule has 2 rings (SSSR count). The number of pyridine rings is 1. The summed E-state index contributed by atoms with van der Waals surface area (Å²) in [4.78, 5) is 6.57. The Labute approximate surface area is 107 Å². The molecule has 5 heteroatoms. The third-order valence-electron chi connectivity index (χ3n) is 2.88. The first-order valence-corrected chi connectivity index (χ1v) is 6.24. The highest BCUT2D eigenvalue weighted by Gasteiger charge is 2.20. The lowest BCUT2D eigenvalue weighted by Gasteiger charge is -2.29. The summed E-state index contributed by atoms with van der Waals surface area (Å²) >= 11 is 0. The second-order valence-corrected chi connectivity index (χ2v) is 4.29. The zero-order chi connectivity index (χ0) is 12.8. The van der Waals surface area contributed by atoms with Crippen LogP contribution in [0.5, 0.6) is 0 Å². The van der Waals surface area contributed by atoms with E-state index in [9.17, 15) is 0 Å². The standard InChI is InChI=1S/C13H18N4O/c1-2-15-11-3-4-16-12(7-11)9-17-5-6-18-13(8-14)10-17/h3-4,7,13H,2,5-6,9-10H2,1H3,(H,15,16). The van der Waals surface area contributed by atoms with Crippen LogP contribution in [0.25, 0.3) is 0 Å². The van der Waals surface area contributed by atoms with Crippen molar-refractivity contribution < 1.29 is 4.74 Å². The Balaban J connectivity index is 1.96. The summed E-state index contributed by atoms with van der Waals surface area (Å²) in [5.41, 5.74) is 2.11. The molecule has 1 saturated heterocycles. The van der Waals surface area contributed by atoms with Crippen molar-refractivity contribution in [2.45, 2.75) is 19.6 Å². The molecule has 0 saturated carbocycles. The Kier molecular flexibility index (Phi) is 4.51. The van der Waals surface area contributed by atoms with Crippen LogP contribution in [0.2, 0.25) is 0 Å². The molecular weight excluding hydrogens is 228 g/mol. The number of nitriles is 1. The largest absolute Gasteiger partial charge is 0.385 e. The highest BCUT2D eigenvalue weighted by molar-refractivity contribution is 5.42. The van der Waals surface area contributed by atoms with Crippen LogP contribution in [0.3, 0.4) is 0 Å². The minimum Gasteiger partial charge on any atom is -0.385 e. The highest BCUT2D eigenvalue weighted by atomic mass is 16.5. The summed E-state index contributed by atoms with van der Waals surface area (Å²) in [6, 6.07) is 6.17. The maximum absolute atomic E-state index is 8.86. The van der Waals surface area contributed by atoms with Crippen molar-refractivity contribution in [3.63, 3.8) is 0 Å². The first-order chi connectivity index (χ1) is 8.81. The average molecular weight is 246 g/mol. The predicted octanol–water partition coefficient (Wildman–Crippen LogP) is 1.24. The zero-order valence-electron chi connectivity index (χ0n) is 10.6. The molecule has 0 aliphatic carbocycles. The Bertz CT molecular complexity index is 429. The van der Waals surface area contributed by atoms with Gasteiger partial charge in [-0.3, -0.25) is 9.88 Å². The summed E-state index contributed by atoms with van der Waals surface area (Å²) in [7, 11) is 0. The molecule has 1 aromatic rings. The summed E-state index contributed by atoms with van der Waals surface area (Å²) in [5.74, 6) is 0. The summed E-state index contributed by atoms with van der Waals surface area (Å²) < 4.78 is 5.32. The number of anilines is 1. The number of nitrogens with one attached hydrogen (secondary N) is 1. The molecule has 0 bridgehead atoms. The van der Waals surface area contributed by atoms with Gasteiger partial charge in [0.25, 0.3) is 0 Å². The SMILES string of the molecule is CCNc1ccnc(CN2CCOC(C#N)C2)c1. The van der Waals surface area contributed by atoms with Gasteiger partial charge in [-0.25, -0.2) is 0 Å². The van der Waals surface area contributed by atoms with E-state index in [4.69, 9.17) is 10.00 Å². The van der Waals surface area contributed by atoms with Gasteiger partial charge >= 0.3 is 0 Å². The highest BCUT2D eigenvalue weighted by Crippen LogP contribution is 2.12. The van der Waals surface area contributed by atoms with Gasteiger partial charge in [0.15, 0.2) is 6.10 Å². The minimum absolute atomic E-state index is 0.310. The van der Waals surface area contributed by atoms with Crippen LogP contribution in [-0.4, -0.2) is 42.2 Å². The Morgan fingerprint density at radius 3 is 3.33 bits per heavy atom. The molecule has 0 amide bonds. The molecule has 1 unspecified atom stereocenters. The number of hydrogen-bond acceptors (Lipinski definition) is 5. The fraction of sp³-hybridized carbons (Fsp3) is 0.538. The van der Waals surface area contributed by atoms with E-state index in [0.29, 0.717) is 13.2 Å². The summed E-state index contributed by atoms with van der Waals surface area (Å²) in [6.07, 6.45) is 1.51. The zero-order valence-corrected chi connectivity index (χ0v) is 10.6. The van der Waals surface area contributed by atoms with E-state index in [0.717, 1.165) is 31.0 Å². The molecule has 1 atom stereocenters. The van der Waals surface area contributed by atoms with Crippen LogP contribution in [0.1, 0.15) is 12.6 Å². The number of morpholine rings is 1. The monoisotopic (exact) mass is 246 g/mol. The number of rotatable bonds is 4. The second-order valence-electron chi connectivity index (χ2n) is 4.29. The van der Waals surface area contributed by atoms with Crippen molar-refractivity contribution >= 4 is 5.69 Å². The van der Waals surface area contributed by atoms with Gasteiger partial charge in [-0.2, -0.15) is 5.26 Å². The quantitative estimate of drug-likeness (QED) is 0.866. The van der Waals surface area contributed by atoms with E-state index >= 15 is 0 Å². The molecule has 1 aliphatic heterocycles. The second kappa shape index (κ2) is 6.34. The molecule has 5 nitrogen and oxygen atoms in total. The Morgan fingerprint density at radius 1 is 1.67 bits per heavy atom. The molecule has 1 aliphatic rings. The van der Waals surface area contributed by atoms with E-state index in [1.54, 1.807) is 0 Å². The van der Waals surface area contributed by atoms with Crippen LogP contribution in [0.4, 0.5) is 5.69 Å². The third kappa shape index (κ3) is 3.42. The van der Waals surface area contributed by atoms with Gasteiger partial charge in [0.05, 0.1) is 18.4 Å². The topological polar surface area (TPSA) is 61.2 Å². The third-order valence-corrected chi connectivity index (χ3v) is 2.88. The van der Waals surface area contributed by atoms with Crippen molar-refractivity contribution in [2.75, 3.05) is 31.6 Å². The van der Waals surface area contributed by atoms with Crippen molar-refractivity contribution in [1.82, 2.24) is 9.88 Å². The predicted molar refractivity (Wildman–Crippen MR) is 69.0 cm³/mol. The molecule has 0 aromatic carbocycles. The van der Waals surface area contributed by atoms with Crippen LogP contribution in [-0.2, 0) is 11.3 Å². The minimum atomic E-state index is -0.310. The van der Waals surface area contributed by atoms with E-state index in [1.807, 2.05) is 12.3 Å². The molecule has 0 radical (unpaired) electrons. The van der Waals surface area contributed by atoms with E-state index in [-0.39, 0.29) is 6.10 Å². The van der Waals surface area contributed by atoms with Crippen LogP contribution < -0.4 is 5.32 Å². The van der Waals surface area contributed by atoms with Crippen LogP contribution in [0.15, 0.2) is 18.3 Å². The number of nitrogens with zero attached hydrogens (tertiary/aromatic N) is 3. The molecular formula is C13H18N4O. The lowest BCUT2D eigenvalue weighted by atomic mass is 10.2. The van der Waals surface area contributed by atoms with Crippen molar-refractivity contribution in [2.24, 2.45) is 0 Å². The van der Waals surface area contributed by atoms with Crippen molar-refractivity contribution in [3.05, 3.63) is 24.0 Å². The van der Waals surface area contributed by atoms with E-state index in [1.165, 1.54) is 0 Å². The van der Waals surface area contributed by atoms with Crippen molar-refractivity contribution in [1.29, 1.82) is 5.26 Å². The van der Waals surface area contributed by atoms with Gasteiger partial charge in [-0.1, -0.05) is 0 Å². The van der Waals surface area contributed by atoms with E-state index < -0.39 is 0 Å². The smallest absolute Gasteiger partial charge is 0.156 e. The first-order valence-electron chi connectivity index (χ1n) is 6.24. The fourth-order valence-electron chi connectivity index (χ4n) is 2.03. The maximum atomic E-state index is 8.86. The number of ether oxygens (including phenoxy) is 1. The molecule has 0 spiro atoms. The average Bonchev–Trinajstić information content (AvgIpc) is 2.40. The van der Waals surface area contributed by atoms with Gasteiger partial charge in [-0.05, 0) is 19.1 Å². The maximum Gasteiger partial charge on any atom is 0.156 e. The fourth-order valence-corrected chi connectivity index (χ4v) is 2.03. The van der Waals surface area contributed by atoms with Gasteiger partial charge in [0, 0.05) is 38.1 Å². The Morgan fingerprint density at radius 2 is 2.56 bits per heavy atom. The molecule has 1 N–H and O–H groups in total. The van der Waals surface area contributed by atoms with Gasteiger partial charge in [-0.15, -0.1) is 0 Å². The summed E-state index contributed by atoms with van der Waals surface area (Å²) in [6.45, 7) is 5.86. The first kappa shape index (κ1) is 12.8. The van der Waals surface area contributed by atoms with Crippen molar-refractivity contribution in [3.8, 4) is 6.07 Å². The molecule has 96 valence electrons. The Hall–Kier alpha value is -1.64. The van der Waals surface area contributed by atoms with Crippen LogP contribution >= 0.6 is 0 Å². The molecule has 18 heavy (non-hydrogen) atoms. The normalized spacial score (nSPS) is 20.3. The lowest BCUT2D eigenvalue weighted by molar-refractivity contribution is -0.00311. The molecule has 1 aromatic heterocycles. The lowest BCUT2D eigenvalue weighted by Crippen LogP contribution is -2.41. The number of aromatic nitrogens is 1. The van der Waals surface area contributed by atoms with Gasteiger partial charge < -0.3 is 10.1 Å². The summed E-state index contributed by atoms with van der Waals surface area (Å²) in [5, 5.41) is 12.1.